The summed E-state index contributed by atoms with van der Waals surface area (Å²) in [4.78, 5) is 13.6. The van der Waals surface area contributed by atoms with Crippen LogP contribution in [0.5, 0.6) is 0 Å². The molecule has 5 rings (SSSR count). The number of aliphatic hydroxyl groups is 2. The van der Waals surface area contributed by atoms with E-state index in [2.05, 4.69) is 41.3 Å². The second kappa shape index (κ2) is 7.87. The van der Waals surface area contributed by atoms with Crippen LogP contribution in [0.4, 0.5) is 11.6 Å². The van der Waals surface area contributed by atoms with E-state index >= 15 is 0 Å². The van der Waals surface area contributed by atoms with E-state index < -0.39 is 17.6 Å². The minimum Gasteiger partial charge on any atom is -0.390 e. The van der Waals surface area contributed by atoms with Gasteiger partial charge >= 0.3 is 0 Å². The molecule has 0 spiro atoms. The zero-order chi connectivity index (χ0) is 22.6. The van der Waals surface area contributed by atoms with Gasteiger partial charge in [-0.3, -0.25) is 0 Å². The molecule has 4 aromatic rings. The Hall–Kier alpha value is -2.40. The number of aliphatic hydroxyl groups excluding tert-OH is 2. The third kappa shape index (κ3) is 3.51. The zero-order valence-electron chi connectivity index (χ0n) is 17.4. The smallest absolute Gasteiger partial charge is 0.154 e. The first kappa shape index (κ1) is 21.4. The topological polar surface area (TPSA) is 144 Å². The Morgan fingerprint density at radius 2 is 1.97 bits per heavy atom. The number of rotatable bonds is 4. The Morgan fingerprint density at radius 3 is 2.78 bits per heavy atom. The highest BCUT2D eigenvalue weighted by atomic mass is 79.9. The van der Waals surface area contributed by atoms with Crippen molar-refractivity contribution in [2.24, 2.45) is 5.41 Å². The van der Waals surface area contributed by atoms with Crippen LogP contribution in [0.3, 0.4) is 0 Å². The quantitative estimate of drug-likeness (QED) is 0.324. The molecule has 0 saturated heterocycles. The van der Waals surface area contributed by atoms with E-state index in [1.54, 1.807) is 0 Å². The largest absolute Gasteiger partial charge is 0.390 e. The van der Waals surface area contributed by atoms with Crippen molar-refractivity contribution in [1.82, 2.24) is 19.3 Å². The van der Waals surface area contributed by atoms with Crippen molar-refractivity contribution in [3.05, 3.63) is 45.5 Å². The molecule has 0 aliphatic heterocycles. The molecule has 6 N–H and O–H groups in total. The highest BCUT2D eigenvalue weighted by Crippen LogP contribution is 2.51. The predicted octanol–water partition coefficient (Wildman–Crippen LogP) is 3.41. The average Bonchev–Trinajstić information content (AvgIpc) is 3.29. The number of nitrogens with zero attached hydrogens (tertiary/aromatic N) is 4. The van der Waals surface area contributed by atoms with Crippen molar-refractivity contribution >= 4 is 61.0 Å². The van der Waals surface area contributed by atoms with E-state index in [4.69, 9.17) is 11.5 Å². The van der Waals surface area contributed by atoms with E-state index in [1.165, 1.54) is 17.9 Å². The third-order valence-electron chi connectivity index (χ3n) is 6.64. The number of benzene rings is 1. The van der Waals surface area contributed by atoms with Gasteiger partial charge in [0.2, 0.25) is 0 Å². The summed E-state index contributed by atoms with van der Waals surface area (Å²) < 4.78 is 5.16. The normalized spacial score (nSPS) is 25.7. The lowest BCUT2D eigenvalue weighted by molar-refractivity contribution is -0.0199. The van der Waals surface area contributed by atoms with Crippen LogP contribution in [0.1, 0.15) is 36.1 Å². The van der Waals surface area contributed by atoms with Gasteiger partial charge in [0.25, 0.3) is 0 Å². The molecule has 3 aromatic heterocycles. The van der Waals surface area contributed by atoms with Crippen molar-refractivity contribution in [1.29, 1.82) is 0 Å². The average molecular weight is 515 g/mol. The van der Waals surface area contributed by atoms with Crippen molar-refractivity contribution in [3.8, 4) is 0 Å². The number of nitrogen functional groups attached to an aromatic ring is 2. The molecular formula is C22H23BrN6O2S. The van der Waals surface area contributed by atoms with Crippen molar-refractivity contribution in [2.45, 2.75) is 44.3 Å². The fourth-order valence-corrected chi connectivity index (χ4v) is 6.00. The van der Waals surface area contributed by atoms with Crippen LogP contribution in [0, 0.1) is 5.41 Å². The third-order valence-corrected chi connectivity index (χ3v) is 8.24. The molecule has 0 radical (unpaired) electrons. The van der Waals surface area contributed by atoms with Gasteiger partial charge in [-0.1, -0.05) is 19.1 Å². The molecule has 0 unspecified atom stereocenters. The van der Waals surface area contributed by atoms with Crippen LogP contribution in [0.25, 0.3) is 21.9 Å². The molecule has 10 heteroatoms. The minimum atomic E-state index is -0.893. The molecule has 0 amide bonds. The number of anilines is 2. The van der Waals surface area contributed by atoms with Gasteiger partial charge in [0, 0.05) is 11.3 Å². The Bertz CT molecular complexity index is 1330. The van der Waals surface area contributed by atoms with E-state index in [9.17, 15) is 10.2 Å². The molecule has 1 saturated carbocycles. The molecule has 32 heavy (non-hydrogen) atoms. The lowest BCUT2D eigenvalue weighted by Crippen LogP contribution is -2.34. The number of hydrogen-bond acceptors (Lipinski definition) is 9. The summed E-state index contributed by atoms with van der Waals surface area (Å²) in [5, 5.41) is 22.9. The molecule has 8 nitrogen and oxygen atoms in total. The Kier molecular flexibility index (Phi) is 5.28. The number of nitrogens with two attached hydrogens (primary N) is 2. The lowest BCUT2D eigenvalue weighted by Gasteiger charge is -2.28. The SMILES string of the molecule is C[C@]1(CCc2ccc3cc(Br)c(N)nc3c2)C[C@@H](c2snc3c(N)ncnc23)[C@H](O)[C@@H]1O. The first-order valence-corrected chi connectivity index (χ1v) is 11.9. The van der Waals surface area contributed by atoms with Gasteiger partial charge in [-0.05, 0) is 69.8 Å². The fourth-order valence-electron chi connectivity index (χ4n) is 4.71. The first-order chi connectivity index (χ1) is 15.3. The summed E-state index contributed by atoms with van der Waals surface area (Å²) in [5.74, 6) is 0.528. The first-order valence-electron chi connectivity index (χ1n) is 10.3. The maximum atomic E-state index is 11.0. The van der Waals surface area contributed by atoms with E-state index in [1.807, 2.05) is 25.1 Å². The lowest BCUT2D eigenvalue weighted by atomic mass is 9.80. The Balaban J connectivity index is 1.38. The summed E-state index contributed by atoms with van der Waals surface area (Å²) in [7, 11) is 0. The van der Waals surface area contributed by atoms with Crippen LogP contribution in [-0.2, 0) is 6.42 Å². The van der Waals surface area contributed by atoms with Crippen LogP contribution in [-0.4, -0.2) is 41.7 Å². The maximum Gasteiger partial charge on any atom is 0.154 e. The summed E-state index contributed by atoms with van der Waals surface area (Å²) in [6.07, 6.45) is 1.75. The molecule has 1 aliphatic rings. The molecule has 1 aliphatic carbocycles. The number of halogens is 1. The molecule has 3 heterocycles. The monoisotopic (exact) mass is 514 g/mol. The zero-order valence-corrected chi connectivity index (χ0v) is 19.8. The van der Waals surface area contributed by atoms with Crippen LogP contribution < -0.4 is 11.5 Å². The van der Waals surface area contributed by atoms with Gasteiger partial charge in [0.05, 0.1) is 27.1 Å². The summed E-state index contributed by atoms with van der Waals surface area (Å²) in [6.45, 7) is 2.03. The van der Waals surface area contributed by atoms with Crippen molar-refractivity contribution in [3.63, 3.8) is 0 Å². The molecule has 0 bridgehead atoms. The molecule has 166 valence electrons. The number of fused-ring (bicyclic) bond motifs is 2. The maximum absolute atomic E-state index is 11.0. The van der Waals surface area contributed by atoms with Crippen LogP contribution in [0.2, 0.25) is 0 Å². The number of aryl methyl sites for hydroxylation is 1. The van der Waals surface area contributed by atoms with Gasteiger partial charge in [-0.2, -0.15) is 4.37 Å². The Labute approximate surface area is 197 Å². The molecule has 4 atom stereocenters. The van der Waals surface area contributed by atoms with E-state index in [0.29, 0.717) is 35.5 Å². The van der Waals surface area contributed by atoms with Gasteiger partial charge in [-0.15, -0.1) is 0 Å². The van der Waals surface area contributed by atoms with Gasteiger partial charge in [-0.25, -0.2) is 15.0 Å². The van der Waals surface area contributed by atoms with Crippen LogP contribution in [0.15, 0.2) is 35.1 Å². The fraction of sp³-hybridized carbons (Fsp3) is 0.364. The van der Waals surface area contributed by atoms with Gasteiger partial charge in [0.1, 0.15) is 23.2 Å². The Morgan fingerprint density at radius 1 is 1.16 bits per heavy atom. The second-order valence-electron chi connectivity index (χ2n) is 8.79. The summed E-state index contributed by atoms with van der Waals surface area (Å²) in [5.41, 5.74) is 14.6. The van der Waals surface area contributed by atoms with E-state index in [0.717, 1.165) is 32.2 Å². The van der Waals surface area contributed by atoms with Crippen molar-refractivity contribution in [2.75, 3.05) is 11.5 Å². The van der Waals surface area contributed by atoms with E-state index in [-0.39, 0.29) is 5.92 Å². The summed E-state index contributed by atoms with van der Waals surface area (Å²) in [6, 6.07) is 8.09. The molecule has 1 aromatic carbocycles. The summed E-state index contributed by atoms with van der Waals surface area (Å²) >= 11 is 4.68. The number of hydrogen-bond donors (Lipinski definition) is 4. The van der Waals surface area contributed by atoms with Crippen molar-refractivity contribution < 1.29 is 10.2 Å². The minimum absolute atomic E-state index is 0.255. The number of pyridine rings is 1. The van der Waals surface area contributed by atoms with Gasteiger partial charge in [0.15, 0.2) is 5.82 Å². The highest BCUT2D eigenvalue weighted by molar-refractivity contribution is 9.10. The second-order valence-corrected chi connectivity index (χ2v) is 10.4. The van der Waals surface area contributed by atoms with Gasteiger partial charge < -0.3 is 21.7 Å². The van der Waals surface area contributed by atoms with Crippen LogP contribution >= 0.6 is 27.5 Å². The number of aromatic nitrogens is 4. The highest BCUT2D eigenvalue weighted by Gasteiger charge is 2.50. The molecular weight excluding hydrogens is 492 g/mol. The molecule has 1 fully saturated rings. The predicted molar refractivity (Wildman–Crippen MR) is 129 cm³/mol. The standard InChI is InChI=1S/C22H23BrN6O2S/c1-22(5-4-10-2-3-11-7-13(23)20(24)28-14(11)6-10)8-12(17(30)19(22)31)18-15-16(29-32-18)21(25)27-9-26-15/h2-3,6-7,9,12,17,19,30-31H,4-5,8H2,1H3,(H2,24,28)(H2,25,26,27)/t12-,17+,19+,22+/m1/s1.